The van der Waals surface area contributed by atoms with Crippen LogP contribution in [0.25, 0.3) is 22.8 Å². The molecule has 24 heavy (non-hydrogen) atoms. The minimum atomic E-state index is 0.492. The molecule has 0 spiro atoms. The number of hydrogen-bond donors (Lipinski definition) is 0. The number of pyridine rings is 1. The zero-order valence-corrected chi connectivity index (χ0v) is 13.6. The van der Waals surface area contributed by atoms with Gasteiger partial charge in [-0.05, 0) is 19.2 Å². The van der Waals surface area contributed by atoms with Crippen molar-refractivity contribution in [2.45, 2.75) is 0 Å². The average Bonchev–Trinajstić information content (AvgIpc) is 3.13. The maximum absolute atomic E-state index is 5.38. The molecule has 3 heterocycles. The van der Waals surface area contributed by atoms with E-state index in [1.54, 1.807) is 6.20 Å². The molecule has 1 saturated heterocycles. The standard InChI is InChI=1S/C18H19N5O/c1-22-9-11-23(12-10-22)16-8-7-15(13-19-16)18-20-17(21-24-18)14-5-3-2-4-6-14/h2-8,13H,9-12H2,1H3. The molecule has 1 fully saturated rings. The van der Waals surface area contributed by atoms with Gasteiger partial charge in [-0.2, -0.15) is 4.98 Å². The number of aromatic nitrogens is 3. The summed E-state index contributed by atoms with van der Waals surface area (Å²) in [7, 11) is 2.15. The van der Waals surface area contributed by atoms with Gasteiger partial charge in [-0.25, -0.2) is 4.98 Å². The third-order valence-electron chi connectivity index (χ3n) is 4.28. The molecule has 1 aromatic carbocycles. The Kier molecular flexibility index (Phi) is 3.96. The molecule has 2 aromatic heterocycles. The first-order valence-corrected chi connectivity index (χ1v) is 8.09. The predicted molar refractivity (Wildman–Crippen MR) is 92.7 cm³/mol. The van der Waals surface area contributed by atoms with Crippen LogP contribution in [0.3, 0.4) is 0 Å². The molecule has 0 unspecified atom stereocenters. The van der Waals surface area contributed by atoms with Crippen LogP contribution in [-0.2, 0) is 0 Å². The number of piperazine rings is 1. The fraction of sp³-hybridized carbons (Fsp3) is 0.278. The van der Waals surface area contributed by atoms with Gasteiger partial charge in [-0.1, -0.05) is 35.5 Å². The fourth-order valence-corrected chi connectivity index (χ4v) is 2.78. The van der Waals surface area contributed by atoms with E-state index < -0.39 is 0 Å². The molecule has 0 bridgehead atoms. The predicted octanol–water partition coefficient (Wildman–Crippen LogP) is 2.55. The molecular weight excluding hydrogens is 302 g/mol. The Morgan fingerprint density at radius 2 is 1.71 bits per heavy atom. The lowest BCUT2D eigenvalue weighted by molar-refractivity contribution is 0.312. The van der Waals surface area contributed by atoms with Gasteiger partial charge in [0, 0.05) is 37.9 Å². The highest BCUT2D eigenvalue weighted by atomic mass is 16.5. The van der Waals surface area contributed by atoms with Crippen LogP contribution < -0.4 is 4.90 Å². The quantitative estimate of drug-likeness (QED) is 0.739. The van der Waals surface area contributed by atoms with E-state index in [4.69, 9.17) is 4.52 Å². The van der Waals surface area contributed by atoms with Gasteiger partial charge in [0.1, 0.15) is 5.82 Å². The van der Waals surface area contributed by atoms with Crippen LogP contribution in [0.2, 0.25) is 0 Å². The Morgan fingerprint density at radius 1 is 0.917 bits per heavy atom. The van der Waals surface area contributed by atoms with Crippen molar-refractivity contribution in [2.75, 3.05) is 38.1 Å². The van der Waals surface area contributed by atoms with Gasteiger partial charge in [-0.15, -0.1) is 0 Å². The van der Waals surface area contributed by atoms with Gasteiger partial charge in [0.15, 0.2) is 0 Å². The Bertz CT molecular complexity index is 792. The molecule has 4 rings (SSSR count). The Labute approximate surface area is 140 Å². The summed E-state index contributed by atoms with van der Waals surface area (Å²) < 4.78 is 5.38. The summed E-state index contributed by atoms with van der Waals surface area (Å²) >= 11 is 0. The Hall–Kier alpha value is -2.73. The van der Waals surface area contributed by atoms with E-state index in [1.165, 1.54) is 0 Å². The maximum Gasteiger partial charge on any atom is 0.259 e. The summed E-state index contributed by atoms with van der Waals surface area (Å²) in [5.41, 5.74) is 1.78. The van der Waals surface area contributed by atoms with Crippen molar-refractivity contribution in [3.63, 3.8) is 0 Å². The number of benzene rings is 1. The number of nitrogens with zero attached hydrogens (tertiary/aromatic N) is 5. The molecule has 6 heteroatoms. The van der Waals surface area contributed by atoms with Gasteiger partial charge in [-0.3, -0.25) is 0 Å². The second kappa shape index (κ2) is 6.41. The zero-order valence-electron chi connectivity index (χ0n) is 13.6. The molecule has 0 saturated carbocycles. The highest BCUT2D eigenvalue weighted by molar-refractivity contribution is 5.60. The lowest BCUT2D eigenvalue weighted by Crippen LogP contribution is -2.44. The third kappa shape index (κ3) is 3.00. The van der Waals surface area contributed by atoms with E-state index in [9.17, 15) is 0 Å². The average molecular weight is 321 g/mol. The number of rotatable bonds is 3. The maximum atomic E-state index is 5.38. The van der Waals surface area contributed by atoms with Crippen molar-refractivity contribution in [3.05, 3.63) is 48.7 Å². The van der Waals surface area contributed by atoms with Crippen molar-refractivity contribution in [2.24, 2.45) is 0 Å². The smallest absolute Gasteiger partial charge is 0.259 e. The van der Waals surface area contributed by atoms with E-state index in [2.05, 4.69) is 32.0 Å². The van der Waals surface area contributed by atoms with E-state index in [1.807, 2.05) is 42.5 Å². The van der Waals surface area contributed by atoms with Crippen LogP contribution in [0.5, 0.6) is 0 Å². The molecule has 1 aliphatic rings. The lowest BCUT2D eigenvalue weighted by Gasteiger charge is -2.33. The van der Waals surface area contributed by atoms with E-state index in [-0.39, 0.29) is 0 Å². The second-order valence-corrected chi connectivity index (χ2v) is 5.98. The Morgan fingerprint density at radius 3 is 2.42 bits per heavy atom. The summed E-state index contributed by atoms with van der Waals surface area (Å²) in [6, 6.07) is 13.8. The fourth-order valence-electron chi connectivity index (χ4n) is 2.78. The summed E-state index contributed by atoms with van der Waals surface area (Å²) in [4.78, 5) is 13.7. The van der Waals surface area contributed by atoms with Crippen molar-refractivity contribution in [3.8, 4) is 22.8 Å². The highest BCUT2D eigenvalue weighted by Crippen LogP contribution is 2.23. The molecular formula is C18H19N5O. The van der Waals surface area contributed by atoms with E-state index in [0.29, 0.717) is 11.7 Å². The van der Waals surface area contributed by atoms with Gasteiger partial charge in [0.2, 0.25) is 5.82 Å². The van der Waals surface area contributed by atoms with E-state index >= 15 is 0 Å². The molecule has 1 aliphatic heterocycles. The molecule has 122 valence electrons. The largest absolute Gasteiger partial charge is 0.354 e. The zero-order chi connectivity index (χ0) is 16.4. The minimum Gasteiger partial charge on any atom is -0.354 e. The first-order chi connectivity index (χ1) is 11.8. The molecule has 0 N–H and O–H groups in total. The molecule has 3 aromatic rings. The van der Waals surface area contributed by atoms with Crippen molar-refractivity contribution in [1.82, 2.24) is 20.0 Å². The number of likely N-dealkylation sites (N-methyl/N-ethyl adjacent to an activating group) is 1. The summed E-state index contributed by atoms with van der Waals surface area (Å²) in [6.07, 6.45) is 1.80. The lowest BCUT2D eigenvalue weighted by atomic mass is 10.2. The first kappa shape index (κ1) is 14.8. The van der Waals surface area contributed by atoms with Crippen LogP contribution in [0.1, 0.15) is 0 Å². The van der Waals surface area contributed by atoms with Crippen LogP contribution in [0, 0.1) is 0 Å². The number of anilines is 1. The molecule has 0 atom stereocenters. The Balaban J connectivity index is 1.52. The molecule has 6 nitrogen and oxygen atoms in total. The summed E-state index contributed by atoms with van der Waals surface area (Å²) in [6.45, 7) is 4.13. The van der Waals surface area contributed by atoms with E-state index in [0.717, 1.165) is 43.1 Å². The van der Waals surface area contributed by atoms with Crippen LogP contribution in [-0.4, -0.2) is 53.3 Å². The molecule has 0 radical (unpaired) electrons. The van der Waals surface area contributed by atoms with Crippen molar-refractivity contribution in [1.29, 1.82) is 0 Å². The van der Waals surface area contributed by atoms with Crippen molar-refractivity contribution < 1.29 is 4.52 Å². The number of hydrogen-bond acceptors (Lipinski definition) is 6. The van der Waals surface area contributed by atoms with Gasteiger partial charge >= 0.3 is 0 Å². The SMILES string of the molecule is CN1CCN(c2ccc(-c3nc(-c4ccccc4)no3)cn2)CC1. The van der Waals surface area contributed by atoms with Crippen LogP contribution in [0.15, 0.2) is 53.2 Å². The van der Waals surface area contributed by atoms with Crippen molar-refractivity contribution >= 4 is 5.82 Å². The first-order valence-electron chi connectivity index (χ1n) is 8.09. The molecule has 0 aliphatic carbocycles. The monoisotopic (exact) mass is 321 g/mol. The highest BCUT2D eigenvalue weighted by Gasteiger charge is 2.16. The van der Waals surface area contributed by atoms with Gasteiger partial charge < -0.3 is 14.3 Å². The summed E-state index contributed by atoms with van der Waals surface area (Å²) in [5, 5.41) is 4.05. The van der Waals surface area contributed by atoms with Crippen LogP contribution >= 0.6 is 0 Å². The van der Waals surface area contributed by atoms with Crippen LogP contribution in [0.4, 0.5) is 5.82 Å². The molecule has 0 amide bonds. The topological polar surface area (TPSA) is 58.3 Å². The summed E-state index contributed by atoms with van der Waals surface area (Å²) in [5.74, 6) is 2.08. The van der Waals surface area contributed by atoms with Gasteiger partial charge in [0.05, 0.1) is 5.56 Å². The minimum absolute atomic E-state index is 0.492. The normalized spacial score (nSPS) is 15.6. The second-order valence-electron chi connectivity index (χ2n) is 5.98. The van der Waals surface area contributed by atoms with Gasteiger partial charge in [0.25, 0.3) is 5.89 Å². The third-order valence-corrected chi connectivity index (χ3v) is 4.28.